The van der Waals surface area contributed by atoms with Gasteiger partial charge in [-0.2, -0.15) is 0 Å². The fourth-order valence-corrected chi connectivity index (χ4v) is 2.89. The van der Waals surface area contributed by atoms with E-state index in [0.717, 1.165) is 38.1 Å². The average Bonchev–Trinajstić information content (AvgIpc) is 3.15. The van der Waals surface area contributed by atoms with Crippen molar-refractivity contribution in [1.82, 2.24) is 5.32 Å². The lowest BCUT2D eigenvalue weighted by molar-refractivity contribution is 0.110. The van der Waals surface area contributed by atoms with Gasteiger partial charge in [0.25, 0.3) is 0 Å². The number of halogens is 1. The van der Waals surface area contributed by atoms with Crippen LogP contribution >= 0.6 is 0 Å². The highest BCUT2D eigenvalue weighted by Crippen LogP contribution is 2.29. The van der Waals surface area contributed by atoms with Gasteiger partial charge in [-0.3, -0.25) is 0 Å². The quantitative estimate of drug-likeness (QED) is 0.792. The minimum Gasteiger partial charge on any atom is -0.493 e. The topological polar surface area (TPSA) is 39.7 Å². The number of hydrogen-bond donors (Lipinski definition) is 1. The van der Waals surface area contributed by atoms with Crippen LogP contribution in [0.1, 0.15) is 24.0 Å². The van der Waals surface area contributed by atoms with Crippen LogP contribution in [0.25, 0.3) is 0 Å². The molecule has 1 aliphatic rings. The second-order valence-corrected chi connectivity index (χ2v) is 6.13. The van der Waals surface area contributed by atoms with Crippen LogP contribution in [0.2, 0.25) is 0 Å². The Morgan fingerprint density at radius 2 is 2.08 bits per heavy atom. The van der Waals surface area contributed by atoms with Gasteiger partial charge in [0.15, 0.2) is 11.5 Å². The van der Waals surface area contributed by atoms with Gasteiger partial charge in [-0.25, -0.2) is 4.39 Å². The van der Waals surface area contributed by atoms with Gasteiger partial charge in [0.1, 0.15) is 12.4 Å². The molecule has 4 nitrogen and oxygen atoms in total. The third-order valence-electron chi connectivity index (χ3n) is 4.29. The molecule has 0 aromatic heterocycles. The molecule has 0 aliphatic carbocycles. The van der Waals surface area contributed by atoms with Crippen LogP contribution in [0.15, 0.2) is 42.5 Å². The Balaban J connectivity index is 1.56. The molecule has 134 valence electrons. The second-order valence-electron chi connectivity index (χ2n) is 6.13. The Morgan fingerprint density at radius 1 is 1.20 bits per heavy atom. The molecule has 2 aromatic carbocycles. The minimum absolute atomic E-state index is 0.166. The van der Waals surface area contributed by atoms with E-state index in [1.165, 1.54) is 6.07 Å². The molecule has 25 heavy (non-hydrogen) atoms. The lowest BCUT2D eigenvalue weighted by Gasteiger charge is -2.14. The van der Waals surface area contributed by atoms with Crippen molar-refractivity contribution in [2.24, 2.45) is 0 Å². The maximum atomic E-state index is 13.7. The molecule has 1 heterocycles. The van der Waals surface area contributed by atoms with Crippen LogP contribution in [-0.2, 0) is 17.9 Å². The molecule has 0 radical (unpaired) electrons. The molecule has 3 rings (SSSR count). The summed E-state index contributed by atoms with van der Waals surface area (Å²) in [4.78, 5) is 0. The first-order chi connectivity index (χ1) is 12.3. The molecule has 1 fully saturated rings. The summed E-state index contributed by atoms with van der Waals surface area (Å²) in [5, 5.41) is 3.41. The summed E-state index contributed by atoms with van der Waals surface area (Å²) in [6.07, 6.45) is 2.60. The van der Waals surface area contributed by atoms with E-state index in [1.54, 1.807) is 25.3 Å². The number of nitrogens with one attached hydrogen (secondary N) is 1. The van der Waals surface area contributed by atoms with Crippen molar-refractivity contribution in [2.75, 3.05) is 20.3 Å². The molecular weight excluding hydrogens is 321 g/mol. The van der Waals surface area contributed by atoms with E-state index in [2.05, 4.69) is 5.32 Å². The standard InChI is InChI=1S/C20H24FNO3/c1-23-20-11-15(12-22-13-17-6-4-10-24-17)8-9-19(20)25-14-16-5-2-3-7-18(16)21/h2-3,5,7-9,11,17,22H,4,6,10,12-14H2,1H3/t17-/m1/s1. The van der Waals surface area contributed by atoms with Crippen molar-refractivity contribution in [3.05, 3.63) is 59.4 Å². The van der Waals surface area contributed by atoms with Crippen molar-refractivity contribution in [2.45, 2.75) is 32.1 Å². The van der Waals surface area contributed by atoms with E-state index in [9.17, 15) is 4.39 Å². The summed E-state index contributed by atoms with van der Waals surface area (Å²) < 4.78 is 30.4. The highest BCUT2D eigenvalue weighted by atomic mass is 19.1. The third kappa shape index (κ3) is 4.94. The highest BCUT2D eigenvalue weighted by molar-refractivity contribution is 5.43. The zero-order chi connectivity index (χ0) is 17.5. The third-order valence-corrected chi connectivity index (χ3v) is 4.29. The number of rotatable bonds is 8. The number of benzene rings is 2. The van der Waals surface area contributed by atoms with Crippen molar-refractivity contribution in [3.8, 4) is 11.5 Å². The zero-order valence-electron chi connectivity index (χ0n) is 14.5. The van der Waals surface area contributed by atoms with E-state index in [4.69, 9.17) is 14.2 Å². The van der Waals surface area contributed by atoms with Crippen LogP contribution < -0.4 is 14.8 Å². The molecule has 0 unspecified atom stereocenters. The first kappa shape index (κ1) is 17.7. The molecular formula is C20H24FNO3. The van der Waals surface area contributed by atoms with Crippen LogP contribution in [0.4, 0.5) is 4.39 Å². The van der Waals surface area contributed by atoms with Gasteiger partial charge in [0.2, 0.25) is 0 Å². The molecule has 0 saturated carbocycles. The summed E-state index contributed by atoms with van der Waals surface area (Å²) in [7, 11) is 1.61. The van der Waals surface area contributed by atoms with Gasteiger partial charge in [-0.1, -0.05) is 24.3 Å². The van der Waals surface area contributed by atoms with Gasteiger partial charge in [-0.15, -0.1) is 0 Å². The second kappa shape index (κ2) is 8.83. The zero-order valence-corrected chi connectivity index (χ0v) is 14.5. The summed E-state index contributed by atoms with van der Waals surface area (Å²) in [6.45, 7) is 2.63. The van der Waals surface area contributed by atoms with Crippen LogP contribution in [-0.4, -0.2) is 26.4 Å². The summed E-state index contributed by atoms with van der Waals surface area (Å²) in [5.74, 6) is 0.984. The first-order valence-corrected chi connectivity index (χ1v) is 8.61. The lowest BCUT2D eigenvalue weighted by Crippen LogP contribution is -2.25. The largest absolute Gasteiger partial charge is 0.493 e. The van der Waals surface area contributed by atoms with Crippen molar-refractivity contribution in [1.29, 1.82) is 0 Å². The van der Waals surface area contributed by atoms with Crippen LogP contribution in [0.5, 0.6) is 11.5 Å². The molecule has 1 aliphatic heterocycles. The predicted octanol–water partition coefficient (Wildman–Crippen LogP) is 3.68. The molecule has 0 amide bonds. The monoisotopic (exact) mass is 345 g/mol. The smallest absolute Gasteiger partial charge is 0.161 e. The van der Waals surface area contributed by atoms with Gasteiger partial charge in [0, 0.05) is 25.3 Å². The number of hydrogen-bond acceptors (Lipinski definition) is 4. The van der Waals surface area contributed by atoms with Gasteiger partial charge in [-0.05, 0) is 36.6 Å². The molecule has 1 saturated heterocycles. The summed E-state index contributed by atoms with van der Waals surface area (Å²) in [5.41, 5.74) is 1.62. The van der Waals surface area contributed by atoms with E-state index < -0.39 is 0 Å². The van der Waals surface area contributed by atoms with Crippen LogP contribution in [0, 0.1) is 5.82 Å². The fourth-order valence-electron chi connectivity index (χ4n) is 2.89. The normalized spacial score (nSPS) is 16.8. The van der Waals surface area contributed by atoms with E-state index in [0.29, 0.717) is 23.2 Å². The lowest BCUT2D eigenvalue weighted by atomic mass is 10.2. The SMILES string of the molecule is COc1cc(CNC[C@H]2CCCO2)ccc1OCc1ccccc1F. The maximum Gasteiger partial charge on any atom is 0.161 e. The Hall–Kier alpha value is -2.11. The Kier molecular flexibility index (Phi) is 6.25. The minimum atomic E-state index is -0.267. The highest BCUT2D eigenvalue weighted by Gasteiger charge is 2.14. The van der Waals surface area contributed by atoms with Crippen LogP contribution in [0.3, 0.4) is 0 Å². The Labute approximate surface area is 147 Å². The van der Waals surface area contributed by atoms with Crippen molar-refractivity contribution >= 4 is 0 Å². The molecule has 1 N–H and O–H groups in total. The van der Waals surface area contributed by atoms with Gasteiger partial charge < -0.3 is 19.5 Å². The molecule has 5 heteroatoms. The van der Waals surface area contributed by atoms with E-state index >= 15 is 0 Å². The molecule has 1 atom stereocenters. The Morgan fingerprint density at radius 3 is 2.84 bits per heavy atom. The summed E-state index contributed by atoms with van der Waals surface area (Å²) >= 11 is 0. The number of ether oxygens (including phenoxy) is 3. The van der Waals surface area contributed by atoms with E-state index in [1.807, 2.05) is 18.2 Å². The first-order valence-electron chi connectivity index (χ1n) is 8.61. The van der Waals surface area contributed by atoms with Gasteiger partial charge in [0.05, 0.1) is 13.2 Å². The maximum absolute atomic E-state index is 13.7. The average molecular weight is 345 g/mol. The van der Waals surface area contributed by atoms with E-state index in [-0.39, 0.29) is 12.4 Å². The molecule has 0 bridgehead atoms. The fraction of sp³-hybridized carbons (Fsp3) is 0.400. The molecule has 0 spiro atoms. The summed E-state index contributed by atoms with van der Waals surface area (Å²) in [6, 6.07) is 12.4. The predicted molar refractivity (Wildman–Crippen MR) is 94.4 cm³/mol. The van der Waals surface area contributed by atoms with Crippen molar-refractivity contribution < 1.29 is 18.6 Å². The molecule has 2 aromatic rings. The van der Waals surface area contributed by atoms with Crippen molar-refractivity contribution in [3.63, 3.8) is 0 Å². The number of methoxy groups -OCH3 is 1. The van der Waals surface area contributed by atoms with Gasteiger partial charge >= 0.3 is 0 Å². The Bertz CT molecular complexity index is 686.